The van der Waals surface area contributed by atoms with Gasteiger partial charge < -0.3 is 19.9 Å². The molecule has 142 valence electrons. The van der Waals surface area contributed by atoms with Crippen LogP contribution in [0.25, 0.3) is 5.57 Å². The van der Waals surface area contributed by atoms with Crippen LogP contribution in [0.5, 0.6) is 11.5 Å². The highest BCUT2D eigenvalue weighted by molar-refractivity contribution is 6.19. The average molecular weight is 372 g/mol. The third kappa shape index (κ3) is 4.97. The summed E-state index contributed by atoms with van der Waals surface area (Å²) in [7, 11) is 3.10. The number of methoxy groups -OCH3 is 2. The van der Waals surface area contributed by atoms with E-state index in [1.807, 2.05) is 12.1 Å². The van der Waals surface area contributed by atoms with Crippen molar-refractivity contribution in [3.63, 3.8) is 0 Å². The first-order valence-corrected chi connectivity index (χ1v) is 8.08. The van der Waals surface area contributed by atoms with Crippen LogP contribution in [-0.4, -0.2) is 36.7 Å². The second-order valence-corrected chi connectivity index (χ2v) is 5.54. The molecular weight excluding hydrogens is 352 g/mol. The number of carbonyl (C=O) groups excluding carboxylic acids is 1. The summed E-state index contributed by atoms with van der Waals surface area (Å²) in [6, 6.07) is 10.8. The summed E-state index contributed by atoms with van der Waals surface area (Å²) in [5.41, 5.74) is 1.26. The van der Waals surface area contributed by atoms with Gasteiger partial charge >= 0.3 is 0 Å². The van der Waals surface area contributed by atoms with Crippen LogP contribution in [0.1, 0.15) is 11.1 Å². The predicted molar refractivity (Wildman–Crippen MR) is 100.0 cm³/mol. The third-order valence-corrected chi connectivity index (χ3v) is 3.91. The van der Waals surface area contributed by atoms with Gasteiger partial charge in [0.15, 0.2) is 11.5 Å². The summed E-state index contributed by atoms with van der Waals surface area (Å²) in [4.78, 5) is 22.4. The highest BCUT2D eigenvalue weighted by Crippen LogP contribution is 2.27. The minimum absolute atomic E-state index is 0.0252. The van der Waals surface area contributed by atoms with Gasteiger partial charge in [0.1, 0.15) is 0 Å². The lowest BCUT2D eigenvalue weighted by atomic mass is 10.1. The number of hydrogen-bond acceptors (Lipinski definition) is 6. The molecule has 0 radical (unpaired) electrons. The topological polar surface area (TPSA) is 111 Å². The lowest BCUT2D eigenvalue weighted by Crippen LogP contribution is -2.26. The Labute approximate surface area is 156 Å². The van der Waals surface area contributed by atoms with Gasteiger partial charge in [0.05, 0.1) is 31.0 Å². The van der Waals surface area contributed by atoms with Crippen molar-refractivity contribution in [1.29, 1.82) is 0 Å². The van der Waals surface area contributed by atoms with E-state index in [0.717, 1.165) is 5.56 Å². The molecule has 2 aromatic rings. The van der Waals surface area contributed by atoms with Crippen LogP contribution in [0.2, 0.25) is 0 Å². The molecule has 0 atom stereocenters. The van der Waals surface area contributed by atoms with Crippen LogP contribution >= 0.6 is 0 Å². The first kappa shape index (κ1) is 19.8. The second-order valence-electron chi connectivity index (χ2n) is 5.54. The first-order valence-electron chi connectivity index (χ1n) is 8.08. The number of hydrogen-bond donors (Lipinski definition) is 2. The molecule has 0 aliphatic carbocycles. The maximum absolute atomic E-state index is 12.3. The first-order chi connectivity index (χ1) is 13.0. The summed E-state index contributed by atoms with van der Waals surface area (Å²) >= 11 is 0. The Balaban J connectivity index is 1.98. The average Bonchev–Trinajstić information content (AvgIpc) is 2.68. The molecule has 0 saturated carbocycles. The largest absolute Gasteiger partial charge is 0.515 e. The van der Waals surface area contributed by atoms with E-state index in [1.165, 1.54) is 24.3 Å². The van der Waals surface area contributed by atoms with Crippen molar-refractivity contribution < 1.29 is 24.3 Å². The molecule has 1 amide bonds. The molecule has 2 N–H and O–H groups in total. The zero-order chi connectivity index (χ0) is 19.8. The number of aliphatic hydroxyl groups excluding tert-OH is 1. The lowest BCUT2D eigenvalue weighted by molar-refractivity contribution is -0.384. The fraction of sp³-hybridized carbons (Fsp3) is 0.211. The molecular formula is C19H20N2O6. The Hall–Kier alpha value is -3.55. The van der Waals surface area contributed by atoms with Gasteiger partial charge in [-0.1, -0.05) is 6.07 Å². The molecule has 8 nitrogen and oxygen atoms in total. The molecule has 0 heterocycles. The van der Waals surface area contributed by atoms with Gasteiger partial charge in [-0.05, 0) is 41.8 Å². The molecule has 8 heteroatoms. The molecule has 27 heavy (non-hydrogen) atoms. The third-order valence-electron chi connectivity index (χ3n) is 3.91. The quantitative estimate of drug-likeness (QED) is 0.319. The van der Waals surface area contributed by atoms with Crippen molar-refractivity contribution in [2.24, 2.45) is 0 Å². The van der Waals surface area contributed by atoms with Crippen LogP contribution in [0.15, 0.2) is 48.7 Å². The van der Waals surface area contributed by atoms with Crippen molar-refractivity contribution in [3.8, 4) is 11.5 Å². The monoisotopic (exact) mass is 372 g/mol. The van der Waals surface area contributed by atoms with E-state index in [4.69, 9.17) is 9.47 Å². The van der Waals surface area contributed by atoms with Gasteiger partial charge in [-0.25, -0.2) is 0 Å². The lowest BCUT2D eigenvalue weighted by Gasteiger charge is -2.11. The van der Waals surface area contributed by atoms with Crippen LogP contribution in [0, 0.1) is 10.1 Å². The van der Waals surface area contributed by atoms with Crippen LogP contribution < -0.4 is 14.8 Å². The fourth-order valence-corrected chi connectivity index (χ4v) is 2.48. The van der Waals surface area contributed by atoms with Crippen molar-refractivity contribution in [2.75, 3.05) is 20.8 Å². The molecule has 2 aromatic carbocycles. The van der Waals surface area contributed by atoms with Crippen molar-refractivity contribution in [3.05, 3.63) is 70.0 Å². The molecule has 0 aliphatic rings. The number of carbonyl (C=O) groups is 1. The second kappa shape index (κ2) is 9.23. The zero-order valence-corrected chi connectivity index (χ0v) is 15.0. The summed E-state index contributed by atoms with van der Waals surface area (Å²) in [6.45, 7) is 0.332. The maximum atomic E-state index is 12.3. The van der Waals surface area contributed by atoms with E-state index < -0.39 is 10.8 Å². The van der Waals surface area contributed by atoms with Crippen molar-refractivity contribution in [1.82, 2.24) is 5.32 Å². The number of nitro benzene ring substituents is 1. The van der Waals surface area contributed by atoms with E-state index >= 15 is 0 Å². The minimum Gasteiger partial charge on any atom is -0.515 e. The van der Waals surface area contributed by atoms with Crippen LogP contribution in [0.3, 0.4) is 0 Å². The molecule has 0 bridgehead atoms. The highest BCUT2D eigenvalue weighted by Gasteiger charge is 2.14. The van der Waals surface area contributed by atoms with Gasteiger partial charge in [-0.3, -0.25) is 14.9 Å². The van der Waals surface area contributed by atoms with E-state index in [2.05, 4.69) is 5.32 Å². The molecule has 0 saturated heterocycles. The van der Waals surface area contributed by atoms with Gasteiger partial charge in [0.2, 0.25) is 0 Å². The number of benzene rings is 2. The summed E-state index contributed by atoms with van der Waals surface area (Å²) < 4.78 is 10.4. The molecule has 0 aliphatic heterocycles. The molecule has 0 fully saturated rings. The van der Waals surface area contributed by atoms with Gasteiger partial charge in [0, 0.05) is 18.7 Å². The minimum atomic E-state index is -0.532. The van der Waals surface area contributed by atoms with Gasteiger partial charge in [0.25, 0.3) is 11.6 Å². The van der Waals surface area contributed by atoms with Crippen LogP contribution in [-0.2, 0) is 11.2 Å². The number of nitro groups is 1. The number of amides is 1. The molecule has 0 aromatic heterocycles. The Morgan fingerprint density at radius 2 is 1.81 bits per heavy atom. The Morgan fingerprint density at radius 1 is 1.15 bits per heavy atom. The van der Waals surface area contributed by atoms with Crippen molar-refractivity contribution in [2.45, 2.75) is 6.42 Å². The highest BCUT2D eigenvalue weighted by atomic mass is 16.6. The predicted octanol–water partition coefficient (Wildman–Crippen LogP) is 2.87. The standard InChI is InChI=1S/C19H20N2O6/c1-26-17-8-3-13(11-18(17)27-2)9-10-20-19(23)16(12-22)14-4-6-15(7-5-14)21(24)25/h3-8,11-12,22H,9-10H2,1-2H3,(H,20,23). The Kier molecular flexibility index (Phi) is 6.76. The molecule has 0 spiro atoms. The maximum Gasteiger partial charge on any atom is 0.269 e. The van der Waals surface area contributed by atoms with Crippen LogP contribution in [0.4, 0.5) is 5.69 Å². The Morgan fingerprint density at radius 3 is 2.37 bits per heavy atom. The number of ether oxygens (including phenoxy) is 2. The fourth-order valence-electron chi connectivity index (χ4n) is 2.48. The van der Waals surface area contributed by atoms with E-state index in [0.29, 0.717) is 36.3 Å². The smallest absolute Gasteiger partial charge is 0.269 e. The number of nitrogens with zero attached hydrogens (tertiary/aromatic N) is 1. The normalized spacial score (nSPS) is 11.0. The number of nitrogens with one attached hydrogen (secondary N) is 1. The van der Waals surface area contributed by atoms with Gasteiger partial charge in [-0.2, -0.15) is 0 Å². The van der Waals surface area contributed by atoms with E-state index in [1.54, 1.807) is 20.3 Å². The summed E-state index contributed by atoms with van der Waals surface area (Å²) in [5.74, 6) is 0.740. The van der Waals surface area contributed by atoms with E-state index in [-0.39, 0.29) is 11.3 Å². The number of non-ortho nitro benzene ring substituents is 1. The molecule has 2 rings (SSSR count). The SMILES string of the molecule is COc1ccc(CCNC(=O)C(=CO)c2ccc([N+](=O)[O-])cc2)cc1OC. The number of aliphatic hydroxyl groups is 1. The summed E-state index contributed by atoms with van der Waals surface area (Å²) in [6.07, 6.45) is 1.23. The van der Waals surface area contributed by atoms with Crippen molar-refractivity contribution >= 4 is 17.2 Å². The molecule has 0 unspecified atom stereocenters. The zero-order valence-electron chi connectivity index (χ0n) is 15.0. The summed E-state index contributed by atoms with van der Waals surface area (Å²) in [5, 5.41) is 22.8. The van der Waals surface area contributed by atoms with E-state index in [9.17, 15) is 20.0 Å². The Bertz CT molecular complexity index is 846. The number of rotatable bonds is 8. The van der Waals surface area contributed by atoms with Gasteiger partial charge in [-0.15, -0.1) is 0 Å².